The van der Waals surface area contributed by atoms with Crippen molar-refractivity contribution in [3.8, 4) is 11.5 Å². The molecule has 154 valence electrons. The van der Waals surface area contributed by atoms with Crippen molar-refractivity contribution in [3.63, 3.8) is 0 Å². The average molecular weight is 409 g/mol. The Balaban J connectivity index is 1.97. The summed E-state index contributed by atoms with van der Waals surface area (Å²) in [6.07, 6.45) is -1.68. The summed E-state index contributed by atoms with van der Waals surface area (Å²) in [4.78, 5) is 23.1. The van der Waals surface area contributed by atoms with Gasteiger partial charge < -0.3 is 19.5 Å². The van der Waals surface area contributed by atoms with E-state index in [-0.39, 0.29) is 18.0 Å². The molecule has 6 nitrogen and oxygen atoms in total. The molecule has 0 saturated carbocycles. The van der Waals surface area contributed by atoms with E-state index in [4.69, 9.17) is 9.47 Å². The Hall–Kier alpha value is -3.49. The summed E-state index contributed by atoms with van der Waals surface area (Å²) < 4.78 is 52.8. The molecule has 2 aromatic rings. The number of rotatable bonds is 7. The molecule has 0 aromatic heterocycles. The minimum Gasteiger partial charge on any atom is -0.493 e. The van der Waals surface area contributed by atoms with E-state index in [1.165, 1.54) is 26.4 Å². The minimum absolute atomic E-state index is 0.210. The standard InChI is InChI=1S/C20H18F3NO5/c1-27-17-11-13(4-10-19(26)28-2)3-9-16(17)29-12-18(25)24-15-7-5-14(6-8-15)20(21,22)23/h3-11H,12H2,1-2H3,(H,24,25)/b10-4+. The summed E-state index contributed by atoms with van der Waals surface area (Å²) in [5.74, 6) is -0.449. The van der Waals surface area contributed by atoms with Crippen LogP contribution in [0.2, 0.25) is 0 Å². The van der Waals surface area contributed by atoms with Crippen LogP contribution in [0.4, 0.5) is 18.9 Å². The lowest BCUT2D eigenvalue weighted by Crippen LogP contribution is -2.20. The lowest BCUT2D eigenvalue weighted by molar-refractivity contribution is -0.137. The minimum atomic E-state index is -4.44. The van der Waals surface area contributed by atoms with Crippen LogP contribution in [0.1, 0.15) is 11.1 Å². The molecule has 0 aliphatic rings. The first-order chi connectivity index (χ1) is 13.7. The Bertz CT molecular complexity index is 892. The van der Waals surface area contributed by atoms with Gasteiger partial charge in [0.05, 0.1) is 19.8 Å². The van der Waals surface area contributed by atoms with Gasteiger partial charge in [-0.2, -0.15) is 13.2 Å². The average Bonchev–Trinajstić information content (AvgIpc) is 2.70. The van der Waals surface area contributed by atoms with Crippen molar-refractivity contribution >= 4 is 23.6 Å². The lowest BCUT2D eigenvalue weighted by Gasteiger charge is -2.12. The molecule has 1 amide bonds. The normalized spacial score (nSPS) is 11.2. The summed E-state index contributed by atoms with van der Waals surface area (Å²) >= 11 is 0. The maximum atomic E-state index is 12.6. The number of hydrogen-bond donors (Lipinski definition) is 1. The number of esters is 1. The number of benzene rings is 2. The van der Waals surface area contributed by atoms with Crippen LogP contribution in [0.3, 0.4) is 0 Å². The van der Waals surface area contributed by atoms with Crippen LogP contribution in [0.5, 0.6) is 11.5 Å². The molecule has 2 aromatic carbocycles. The number of amides is 1. The molecule has 0 heterocycles. The molecule has 29 heavy (non-hydrogen) atoms. The van der Waals surface area contributed by atoms with Crippen molar-refractivity contribution in [2.24, 2.45) is 0 Å². The third-order valence-corrected chi connectivity index (χ3v) is 3.66. The predicted molar refractivity (Wildman–Crippen MR) is 99.6 cm³/mol. The van der Waals surface area contributed by atoms with Gasteiger partial charge in [-0.25, -0.2) is 4.79 Å². The molecular formula is C20H18F3NO5. The molecule has 2 rings (SSSR count). The highest BCUT2D eigenvalue weighted by Crippen LogP contribution is 2.30. The number of nitrogens with one attached hydrogen (secondary N) is 1. The van der Waals surface area contributed by atoms with Crippen molar-refractivity contribution in [1.82, 2.24) is 0 Å². The van der Waals surface area contributed by atoms with Gasteiger partial charge in [0.1, 0.15) is 0 Å². The first-order valence-electron chi connectivity index (χ1n) is 8.27. The summed E-state index contributed by atoms with van der Waals surface area (Å²) in [5, 5.41) is 2.44. The SMILES string of the molecule is COC(=O)/C=C/c1ccc(OCC(=O)Nc2ccc(C(F)(F)F)cc2)c(OC)c1. The Kier molecular flexibility index (Phi) is 7.24. The molecule has 1 N–H and O–H groups in total. The fraction of sp³-hybridized carbons (Fsp3) is 0.200. The number of ether oxygens (including phenoxy) is 3. The highest BCUT2D eigenvalue weighted by Gasteiger charge is 2.29. The summed E-state index contributed by atoms with van der Waals surface area (Å²) in [6, 6.07) is 8.86. The molecule has 0 atom stereocenters. The maximum Gasteiger partial charge on any atom is 0.416 e. The van der Waals surface area contributed by atoms with Crippen molar-refractivity contribution < 1.29 is 37.0 Å². The van der Waals surface area contributed by atoms with Crippen molar-refractivity contribution in [2.45, 2.75) is 6.18 Å². The smallest absolute Gasteiger partial charge is 0.416 e. The monoisotopic (exact) mass is 409 g/mol. The van der Waals surface area contributed by atoms with Gasteiger partial charge in [0.25, 0.3) is 5.91 Å². The van der Waals surface area contributed by atoms with E-state index in [2.05, 4.69) is 10.1 Å². The Morgan fingerprint density at radius 3 is 2.31 bits per heavy atom. The number of alkyl halides is 3. The second-order valence-electron chi connectivity index (χ2n) is 5.68. The molecule has 0 spiro atoms. The van der Waals surface area contributed by atoms with Crippen LogP contribution in [-0.2, 0) is 20.5 Å². The van der Waals surface area contributed by atoms with Gasteiger partial charge in [0.2, 0.25) is 0 Å². The number of carbonyl (C=O) groups excluding carboxylic acids is 2. The van der Waals surface area contributed by atoms with Crippen molar-refractivity contribution in [2.75, 3.05) is 26.1 Å². The zero-order valence-electron chi connectivity index (χ0n) is 15.6. The summed E-state index contributed by atoms with van der Waals surface area (Å²) in [7, 11) is 2.68. The molecule has 0 aliphatic carbocycles. The Morgan fingerprint density at radius 2 is 1.72 bits per heavy atom. The molecule has 0 fully saturated rings. The fourth-order valence-corrected chi connectivity index (χ4v) is 2.22. The first kappa shape index (κ1) is 21.8. The lowest BCUT2D eigenvalue weighted by atomic mass is 10.2. The molecule has 0 bridgehead atoms. The van der Waals surface area contributed by atoms with Gasteiger partial charge in [-0.3, -0.25) is 4.79 Å². The number of methoxy groups -OCH3 is 2. The van der Waals surface area contributed by atoms with E-state index in [0.717, 1.165) is 24.3 Å². The molecular weight excluding hydrogens is 391 g/mol. The number of hydrogen-bond acceptors (Lipinski definition) is 5. The van der Waals surface area contributed by atoms with Crippen LogP contribution in [0, 0.1) is 0 Å². The molecule has 0 unspecified atom stereocenters. The van der Waals surface area contributed by atoms with E-state index in [9.17, 15) is 22.8 Å². The van der Waals surface area contributed by atoms with Gasteiger partial charge in [-0.05, 0) is 48.0 Å². The van der Waals surface area contributed by atoms with Gasteiger partial charge in [-0.1, -0.05) is 6.07 Å². The zero-order valence-corrected chi connectivity index (χ0v) is 15.6. The fourth-order valence-electron chi connectivity index (χ4n) is 2.22. The van der Waals surface area contributed by atoms with E-state index < -0.39 is 23.6 Å². The van der Waals surface area contributed by atoms with E-state index in [1.807, 2.05) is 0 Å². The highest BCUT2D eigenvalue weighted by molar-refractivity contribution is 5.92. The second-order valence-corrected chi connectivity index (χ2v) is 5.68. The van der Waals surface area contributed by atoms with Gasteiger partial charge in [0, 0.05) is 11.8 Å². The largest absolute Gasteiger partial charge is 0.493 e. The van der Waals surface area contributed by atoms with Crippen LogP contribution >= 0.6 is 0 Å². The van der Waals surface area contributed by atoms with E-state index in [0.29, 0.717) is 11.3 Å². The topological polar surface area (TPSA) is 73.9 Å². The summed E-state index contributed by atoms with van der Waals surface area (Å²) in [6.45, 7) is -0.380. The quantitative estimate of drug-likeness (QED) is 0.554. The Labute approximate surface area is 164 Å². The number of halogens is 3. The third kappa shape index (κ3) is 6.56. The van der Waals surface area contributed by atoms with Crippen molar-refractivity contribution in [1.29, 1.82) is 0 Å². The van der Waals surface area contributed by atoms with Crippen molar-refractivity contribution in [3.05, 3.63) is 59.7 Å². The van der Waals surface area contributed by atoms with E-state index >= 15 is 0 Å². The molecule has 9 heteroatoms. The maximum absolute atomic E-state index is 12.6. The zero-order chi connectivity index (χ0) is 21.4. The molecule has 0 saturated heterocycles. The van der Waals surface area contributed by atoms with Gasteiger partial charge >= 0.3 is 12.1 Å². The number of anilines is 1. The second kappa shape index (κ2) is 9.63. The van der Waals surface area contributed by atoms with E-state index in [1.54, 1.807) is 18.2 Å². The van der Waals surface area contributed by atoms with Crippen LogP contribution in [-0.4, -0.2) is 32.7 Å². The van der Waals surface area contributed by atoms with Crippen LogP contribution in [0.15, 0.2) is 48.5 Å². The molecule has 0 aliphatic heterocycles. The van der Waals surface area contributed by atoms with Crippen LogP contribution in [0.25, 0.3) is 6.08 Å². The predicted octanol–water partition coefficient (Wildman–Crippen LogP) is 3.92. The van der Waals surface area contributed by atoms with Gasteiger partial charge in [-0.15, -0.1) is 0 Å². The highest BCUT2D eigenvalue weighted by atomic mass is 19.4. The molecule has 0 radical (unpaired) electrons. The number of carbonyl (C=O) groups is 2. The first-order valence-corrected chi connectivity index (χ1v) is 8.27. The third-order valence-electron chi connectivity index (χ3n) is 3.66. The Morgan fingerprint density at radius 1 is 1.03 bits per heavy atom. The van der Waals surface area contributed by atoms with Gasteiger partial charge in [0.15, 0.2) is 18.1 Å². The summed E-state index contributed by atoms with van der Waals surface area (Å²) in [5.41, 5.74) is 0.0495. The van der Waals surface area contributed by atoms with Crippen LogP contribution < -0.4 is 14.8 Å².